The van der Waals surface area contributed by atoms with Crippen molar-refractivity contribution in [1.82, 2.24) is 5.32 Å². The number of amides is 1. The molecule has 122 valence electrons. The van der Waals surface area contributed by atoms with Crippen LogP contribution in [0.4, 0.5) is 0 Å². The van der Waals surface area contributed by atoms with E-state index in [0.29, 0.717) is 19.4 Å². The number of rotatable bonds is 8. The Balaban J connectivity index is 1.95. The lowest BCUT2D eigenvalue weighted by Gasteiger charge is -2.22. The molecule has 22 heavy (non-hydrogen) atoms. The Morgan fingerprint density at radius 2 is 2.00 bits per heavy atom. The molecule has 2 N–H and O–H groups in total. The van der Waals surface area contributed by atoms with E-state index >= 15 is 0 Å². The van der Waals surface area contributed by atoms with Crippen molar-refractivity contribution >= 4 is 5.91 Å². The van der Waals surface area contributed by atoms with Crippen LogP contribution in [-0.2, 0) is 9.53 Å². The number of carbonyl (C=O) groups excluding carboxylic acids is 1. The molecule has 0 heterocycles. The van der Waals surface area contributed by atoms with Gasteiger partial charge in [-0.2, -0.15) is 0 Å². The minimum Gasteiger partial charge on any atom is -0.393 e. The van der Waals surface area contributed by atoms with Gasteiger partial charge in [-0.25, -0.2) is 0 Å². The normalized spacial score (nSPS) is 18.1. The molecule has 4 heteroatoms. The van der Waals surface area contributed by atoms with Crippen molar-refractivity contribution in [2.24, 2.45) is 0 Å². The zero-order valence-electron chi connectivity index (χ0n) is 13.3. The first-order chi connectivity index (χ1) is 10.7. The Labute approximate surface area is 132 Å². The second-order valence-corrected chi connectivity index (χ2v) is 5.98. The van der Waals surface area contributed by atoms with Gasteiger partial charge < -0.3 is 15.2 Å². The lowest BCUT2D eigenvalue weighted by atomic mass is 10.1. The molecule has 2 unspecified atom stereocenters. The number of aliphatic hydroxyl groups is 1. The van der Waals surface area contributed by atoms with Crippen LogP contribution in [-0.4, -0.2) is 29.8 Å². The molecule has 1 aliphatic rings. The van der Waals surface area contributed by atoms with E-state index in [-0.39, 0.29) is 18.1 Å². The summed E-state index contributed by atoms with van der Waals surface area (Å²) < 4.78 is 6.07. The van der Waals surface area contributed by atoms with Gasteiger partial charge in [0.1, 0.15) is 0 Å². The molecule has 0 aliphatic heterocycles. The fraction of sp³-hybridized carbons (Fsp3) is 0.611. The van der Waals surface area contributed by atoms with Gasteiger partial charge in [-0.05, 0) is 31.2 Å². The number of ether oxygens (including phenoxy) is 1. The predicted molar refractivity (Wildman–Crippen MR) is 86.4 cm³/mol. The minimum atomic E-state index is -0.553. The summed E-state index contributed by atoms with van der Waals surface area (Å²) in [5.41, 5.74) is 0.892. The summed E-state index contributed by atoms with van der Waals surface area (Å²) >= 11 is 0. The van der Waals surface area contributed by atoms with E-state index in [0.717, 1.165) is 18.4 Å². The van der Waals surface area contributed by atoms with Gasteiger partial charge in [0, 0.05) is 6.54 Å². The summed E-state index contributed by atoms with van der Waals surface area (Å²) in [7, 11) is 0. The van der Waals surface area contributed by atoms with Crippen LogP contribution in [0, 0.1) is 0 Å². The molecule has 0 aromatic heterocycles. The molecule has 2 rings (SSSR count). The van der Waals surface area contributed by atoms with Gasteiger partial charge in [0.05, 0.1) is 12.2 Å². The number of hydrogen-bond acceptors (Lipinski definition) is 3. The van der Waals surface area contributed by atoms with Crippen LogP contribution >= 0.6 is 0 Å². The van der Waals surface area contributed by atoms with Gasteiger partial charge in [-0.3, -0.25) is 4.79 Å². The highest BCUT2D eigenvalue weighted by atomic mass is 16.5. The Morgan fingerprint density at radius 1 is 1.32 bits per heavy atom. The van der Waals surface area contributed by atoms with Crippen molar-refractivity contribution in [2.75, 3.05) is 6.54 Å². The molecule has 2 atom stereocenters. The summed E-state index contributed by atoms with van der Waals surface area (Å²) in [6.45, 7) is 2.41. The standard InChI is InChI=1S/C18H27NO3/c1-2-15(20)12-13-19-18(21)17(14-8-4-3-5-9-14)22-16-10-6-7-11-16/h3-5,8-9,15-17,20H,2,6-7,10-13H2,1H3,(H,19,21). The molecule has 0 bridgehead atoms. The SMILES string of the molecule is CCC(O)CCNC(=O)C(OC1CCCC1)c1ccccc1. The van der Waals surface area contributed by atoms with Gasteiger partial charge in [-0.15, -0.1) is 0 Å². The molecular weight excluding hydrogens is 278 g/mol. The van der Waals surface area contributed by atoms with E-state index < -0.39 is 6.10 Å². The average molecular weight is 305 g/mol. The van der Waals surface area contributed by atoms with E-state index in [1.807, 2.05) is 37.3 Å². The quantitative estimate of drug-likeness (QED) is 0.776. The molecule has 1 saturated carbocycles. The second-order valence-electron chi connectivity index (χ2n) is 5.98. The highest BCUT2D eigenvalue weighted by molar-refractivity contribution is 5.82. The minimum absolute atomic E-state index is 0.110. The zero-order valence-corrected chi connectivity index (χ0v) is 13.3. The fourth-order valence-electron chi connectivity index (χ4n) is 2.80. The zero-order chi connectivity index (χ0) is 15.8. The van der Waals surface area contributed by atoms with Crippen molar-refractivity contribution in [3.05, 3.63) is 35.9 Å². The predicted octanol–water partition coefficient (Wildman–Crippen LogP) is 2.96. The molecule has 0 radical (unpaired) electrons. The molecular formula is C18H27NO3. The monoisotopic (exact) mass is 305 g/mol. The first-order valence-corrected chi connectivity index (χ1v) is 8.37. The Kier molecular flexibility index (Phi) is 6.87. The summed E-state index contributed by atoms with van der Waals surface area (Å²) in [6, 6.07) is 9.65. The van der Waals surface area contributed by atoms with E-state index in [1.165, 1.54) is 12.8 Å². The maximum absolute atomic E-state index is 12.5. The van der Waals surface area contributed by atoms with E-state index in [4.69, 9.17) is 4.74 Å². The van der Waals surface area contributed by atoms with Crippen molar-refractivity contribution in [1.29, 1.82) is 0 Å². The van der Waals surface area contributed by atoms with Crippen molar-refractivity contribution in [2.45, 2.75) is 63.8 Å². The van der Waals surface area contributed by atoms with Crippen LogP contribution in [0.1, 0.15) is 57.1 Å². The molecule has 4 nitrogen and oxygen atoms in total. The summed E-state index contributed by atoms with van der Waals surface area (Å²) in [5.74, 6) is -0.110. The van der Waals surface area contributed by atoms with Crippen LogP contribution in [0.25, 0.3) is 0 Å². The van der Waals surface area contributed by atoms with Crippen molar-refractivity contribution in [3.8, 4) is 0 Å². The van der Waals surface area contributed by atoms with Crippen LogP contribution in [0.5, 0.6) is 0 Å². The van der Waals surface area contributed by atoms with E-state index in [1.54, 1.807) is 0 Å². The summed E-state index contributed by atoms with van der Waals surface area (Å²) in [5, 5.41) is 12.5. The Morgan fingerprint density at radius 3 is 2.64 bits per heavy atom. The number of hydrogen-bond donors (Lipinski definition) is 2. The fourth-order valence-corrected chi connectivity index (χ4v) is 2.80. The largest absolute Gasteiger partial charge is 0.393 e. The van der Waals surface area contributed by atoms with E-state index in [9.17, 15) is 9.90 Å². The number of nitrogens with one attached hydrogen (secondary N) is 1. The van der Waals surface area contributed by atoms with Gasteiger partial charge in [0.2, 0.25) is 0 Å². The number of carbonyl (C=O) groups is 1. The van der Waals surface area contributed by atoms with Gasteiger partial charge in [0.25, 0.3) is 5.91 Å². The average Bonchev–Trinajstić information content (AvgIpc) is 3.06. The van der Waals surface area contributed by atoms with Crippen molar-refractivity contribution < 1.29 is 14.6 Å². The first-order valence-electron chi connectivity index (χ1n) is 8.37. The molecule has 1 amide bonds. The second kappa shape index (κ2) is 8.91. The third-order valence-electron chi connectivity index (χ3n) is 4.22. The topological polar surface area (TPSA) is 58.6 Å². The van der Waals surface area contributed by atoms with Crippen molar-refractivity contribution in [3.63, 3.8) is 0 Å². The molecule has 0 spiro atoms. The number of aliphatic hydroxyl groups excluding tert-OH is 1. The summed E-state index contributed by atoms with van der Waals surface area (Å²) in [4.78, 5) is 12.5. The maximum atomic E-state index is 12.5. The maximum Gasteiger partial charge on any atom is 0.253 e. The highest BCUT2D eigenvalue weighted by Gasteiger charge is 2.26. The van der Waals surface area contributed by atoms with Crippen LogP contribution in [0.15, 0.2) is 30.3 Å². The molecule has 1 aromatic carbocycles. The van der Waals surface area contributed by atoms with Gasteiger partial charge >= 0.3 is 0 Å². The Bertz CT molecular complexity index is 443. The molecule has 0 saturated heterocycles. The summed E-state index contributed by atoms with van der Waals surface area (Å²) in [6.07, 6.45) is 4.97. The smallest absolute Gasteiger partial charge is 0.253 e. The first kappa shape index (κ1) is 17.0. The van der Waals surface area contributed by atoms with Crippen LogP contribution in [0.2, 0.25) is 0 Å². The molecule has 1 fully saturated rings. The lowest BCUT2D eigenvalue weighted by molar-refractivity contribution is -0.137. The third kappa shape index (κ3) is 5.11. The lowest BCUT2D eigenvalue weighted by Crippen LogP contribution is -2.34. The van der Waals surface area contributed by atoms with Gasteiger partial charge in [0.15, 0.2) is 6.10 Å². The van der Waals surface area contributed by atoms with E-state index in [2.05, 4.69) is 5.32 Å². The highest BCUT2D eigenvalue weighted by Crippen LogP contribution is 2.28. The molecule has 1 aromatic rings. The van der Waals surface area contributed by atoms with Crippen LogP contribution in [0.3, 0.4) is 0 Å². The number of benzene rings is 1. The molecule has 1 aliphatic carbocycles. The third-order valence-corrected chi connectivity index (χ3v) is 4.22. The van der Waals surface area contributed by atoms with Gasteiger partial charge in [-0.1, -0.05) is 50.1 Å². The Hall–Kier alpha value is -1.39. The van der Waals surface area contributed by atoms with Crippen LogP contribution < -0.4 is 5.32 Å².